The van der Waals surface area contributed by atoms with Crippen molar-refractivity contribution in [2.75, 3.05) is 7.11 Å². The summed E-state index contributed by atoms with van der Waals surface area (Å²) in [7, 11) is 1.36. The van der Waals surface area contributed by atoms with Gasteiger partial charge in [-0.05, 0) is 37.6 Å². The lowest BCUT2D eigenvalue weighted by atomic mass is 10.1. The second-order valence-electron chi connectivity index (χ2n) is 4.00. The zero-order valence-electron chi connectivity index (χ0n) is 10.6. The van der Waals surface area contributed by atoms with Gasteiger partial charge in [-0.3, -0.25) is 0 Å². The predicted molar refractivity (Wildman–Crippen MR) is 68.0 cm³/mol. The number of esters is 1. The van der Waals surface area contributed by atoms with Crippen molar-refractivity contribution >= 4 is 5.97 Å². The number of carbonyl (C=O) groups is 1. The van der Waals surface area contributed by atoms with E-state index in [4.69, 9.17) is 9.47 Å². The van der Waals surface area contributed by atoms with Crippen LogP contribution in [0.1, 0.15) is 13.8 Å². The zero-order valence-corrected chi connectivity index (χ0v) is 10.6. The van der Waals surface area contributed by atoms with Crippen LogP contribution in [-0.2, 0) is 14.3 Å². The minimum absolute atomic E-state index is 0.386. The maximum atomic E-state index is 11.5. The first-order chi connectivity index (χ1) is 8.63. The van der Waals surface area contributed by atoms with Crippen molar-refractivity contribution in [3.05, 3.63) is 58.9 Å². The standard InChI is InChI=1S/C14H15NO3/c1-9-8-11(14(16)17-3)10(2)18-13(9)12-6-4-5-7-15-12/h4-8,15H,1-3H3/b13-12-. The third-order valence-corrected chi connectivity index (χ3v) is 2.71. The van der Waals surface area contributed by atoms with E-state index in [1.54, 1.807) is 13.0 Å². The first-order valence-corrected chi connectivity index (χ1v) is 5.63. The highest BCUT2D eigenvalue weighted by Crippen LogP contribution is 2.28. The van der Waals surface area contributed by atoms with Crippen LogP contribution in [0, 0.1) is 0 Å². The molecule has 2 rings (SSSR count). The van der Waals surface area contributed by atoms with E-state index >= 15 is 0 Å². The normalized spacial score (nSPS) is 22.3. The summed E-state index contributed by atoms with van der Waals surface area (Å²) in [5.74, 6) is 0.878. The first kappa shape index (κ1) is 12.2. The van der Waals surface area contributed by atoms with Gasteiger partial charge in [-0.1, -0.05) is 6.08 Å². The Morgan fingerprint density at radius 1 is 1.33 bits per heavy atom. The molecule has 2 aliphatic rings. The Bertz CT molecular complexity index is 533. The van der Waals surface area contributed by atoms with E-state index in [0.717, 1.165) is 17.0 Å². The number of ether oxygens (including phenoxy) is 2. The first-order valence-electron chi connectivity index (χ1n) is 5.63. The van der Waals surface area contributed by atoms with Crippen molar-refractivity contribution in [1.29, 1.82) is 0 Å². The molecule has 0 aromatic heterocycles. The summed E-state index contributed by atoms with van der Waals surface area (Å²) in [6.45, 7) is 3.64. The number of hydrogen-bond donors (Lipinski definition) is 1. The molecule has 0 aliphatic carbocycles. The Morgan fingerprint density at radius 3 is 2.72 bits per heavy atom. The lowest BCUT2D eigenvalue weighted by Crippen LogP contribution is -2.16. The van der Waals surface area contributed by atoms with Gasteiger partial charge < -0.3 is 14.8 Å². The van der Waals surface area contributed by atoms with E-state index in [1.807, 2.05) is 31.4 Å². The van der Waals surface area contributed by atoms with Gasteiger partial charge in [-0.2, -0.15) is 0 Å². The second-order valence-corrected chi connectivity index (χ2v) is 4.00. The number of methoxy groups -OCH3 is 1. The predicted octanol–water partition coefficient (Wildman–Crippen LogP) is 2.29. The molecule has 18 heavy (non-hydrogen) atoms. The van der Waals surface area contributed by atoms with Crippen LogP contribution in [0.15, 0.2) is 58.9 Å². The van der Waals surface area contributed by atoms with Crippen LogP contribution in [0.2, 0.25) is 0 Å². The quantitative estimate of drug-likeness (QED) is 0.720. The fourth-order valence-corrected chi connectivity index (χ4v) is 1.79. The van der Waals surface area contributed by atoms with Crippen LogP contribution in [0.4, 0.5) is 0 Å². The molecule has 0 aromatic rings. The Balaban J connectivity index is 2.36. The van der Waals surface area contributed by atoms with Crippen LogP contribution < -0.4 is 5.32 Å². The van der Waals surface area contributed by atoms with Gasteiger partial charge in [0, 0.05) is 6.20 Å². The second kappa shape index (κ2) is 4.96. The fourth-order valence-electron chi connectivity index (χ4n) is 1.79. The molecule has 1 N–H and O–H groups in total. The number of dihydropyridines is 1. The number of carbonyl (C=O) groups excluding carboxylic acids is 1. The lowest BCUT2D eigenvalue weighted by molar-refractivity contribution is -0.136. The fraction of sp³-hybridized carbons (Fsp3) is 0.214. The molecule has 0 bridgehead atoms. The molecule has 0 unspecified atom stereocenters. The molecular formula is C14H15NO3. The molecule has 0 saturated heterocycles. The molecule has 0 aromatic carbocycles. The van der Waals surface area contributed by atoms with Crippen LogP contribution in [0.25, 0.3) is 0 Å². The molecule has 0 atom stereocenters. The Morgan fingerprint density at radius 2 is 2.11 bits per heavy atom. The van der Waals surface area contributed by atoms with E-state index in [1.165, 1.54) is 7.11 Å². The van der Waals surface area contributed by atoms with Gasteiger partial charge in [0.2, 0.25) is 0 Å². The summed E-state index contributed by atoms with van der Waals surface area (Å²) in [6.07, 6.45) is 9.34. The average molecular weight is 245 g/mol. The summed E-state index contributed by atoms with van der Waals surface area (Å²) >= 11 is 0. The van der Waals surface area contributed by atoms with Crippen molar-refractivity contribution in [2.24, 2.45) is 0 Å². The van der Waals surface area contributed by atoms with Crippen LogP contribution >= 0.6 is 0 Å². The van der Waals surface area contributed by atoms with Crippen LogP contribution in [0.3, 0.4) is 0 Å². The van der Waals surface area contributed by atoms with Gasteiger partial charge >= 0.3 is 5.97 Å². The molecular weight excluding hydrogens is 230 g/mol. The summed E-state index contributed by atoms with van der Waals surface area (Å²) in [5.41, 5.74) is 2.20. The van der Waals surface area contributed by atoms with E-state index in [2.05, 4.69) is 5.32 Å². The van der Waals surface area contributed by atoms with E-state index in [9.17, 15) is 4.79 Å². The number of hydrogen-bond acceptors (Lipinski definition) is 4. The minimum atomic E-state index is -0.386. The van der Waals surface area contributed by atoms with E-state index in [-0.39, 0.29) is 5.97 Å². The number of rotatable bonds is 1. The van der Waals surface area contributed by atoms with Crippen LogP contribution in [0.5, 0.6) is 0 Å². The van der Waals surface area contributed by atoms with Crippen molar-refractivity contribution in [1.82, 2.24) is 5.32 Å². The highest BCUT2D eigenvalue weighted by atomic mass is 16.5. The maximum absolute atomic E-state index is 11.5. The molecule has 2 aliphatic heterocycles. The molecule has 0 saturated carbocycles. The molecule has 0 amide bonds. The molecule has 94 valence electrons. The Labute approximate surface area is 106 Å². The number of nitrogens with one attached hydrogen (secondary N) is 1. The summed E-state index contributed by atoms with van der Waals surface area (Å²) in [5, 5.41) is 3.11. The zero-order chi connectivity index (χ0) is 13.1. The molecule has 0 spiro atoms. The van der Waals surface area contributed by atoms with Gasteiger partial charge in [-0.15, -0.1) is 0 Å². The van der Waals surface area contributed by atoms with Gasteiger partial charge in [0.05, 0.1) is 18.4 Å². The van der Waals surface area contributed by atoms with E-state index < -0.39 is 0 Å². The smallest absolute Gasteiger partial charge is 0.341 e. The average Bonchev–Trinajstić information content (AvgIpc) is 2.41. The van der Waals surface area contributed by atoms with Gasteiger partial charge in [-0.25, -0.2) is 4.79 Å². The van der Waals surface area contributed by atoms with Crippen molar-refractivity contribution < 1.29 is 14.3 Å². The van der Waals surface area contributed by atoms with Crippen molar-refractivity contribution in [3.8, 4) is 0 Å². The largest absolute Gasteiger partial charge is 0.465 e. The highest BCUT2D eigenvalue weighted by molar-refractivity contribution is 5.92. The third kappa shape index (κ3) is 2.22. The lowest BCUT2D eigenvalue weighted by Gasteiger charge is -2.21. The SMILES string of the molecule is COC(=O)C1=C(C)O/C(=C2/C=CC=CN2)C(C)=C1. The molecule has 4 heteroatoms. The van der Waals surface area contributed by atoms with Gasteiger partial charge in [0.1, 0.15) is 5.76 Å². The summed E-state index contributed by atoms with van der Waals surface area (Å²) < 4.78 is 10.4. The molecule has 0 radical (unpaired) electrons. The molecule has 4 nitrogen and oxygen atoms in total. The van der Waals surface area contributed by atoms with Crippen LogP contribution in [-0.4, -0.2) is 13.1 Å². The minimum Gasteiger partial charge on any atom is -0.465 e. The van der Waals surface area contributed by atoms with Crippen molar-refractivity contribution in [2.45, 2.75) is 13.8 Å². The monoisotopic (exact) mass is 245 g/mol. The Hall–Kier alpha value is -2.23. The summed E-state index contributed by atoms with van der Waals surface area (Å²) in [4.78, 5) is 11.5. The third-order valence-electron chi connectivity index (χ3n) is 2.71. The topological polar surface area (TPSA) is 47.6 Å². The van der Waals surface area contributed by atoms with Crippen molar-refractivity contribution in [3.63, 3.8) is 0 Å². The Kier molecular flexibility index (Phi) is 3.37. The highest BCUT2D eigenvalue weighted by Gasteiger charge is 2.22. The van der Waals surface area contributed by atoms with Gasteiger partial charge in [0.25, 0.3) is 0 Å². The van der Waals surface area contributed by atoms with E-state index in [0.29, 0.717) is 11.3 Å². The maximum Gasteiger partial charge on any atom is 0.341 e. The number of allylic oxidation sites excluding steroid dienone is 5. The summed E-state index contributed by atoms with van der Waals surface area (Å²) in [6, 6.07) is 0. The molecule has 2 heterocycles. The van der Waals surface area contributed by atoms with Gasteiger partial charge in [0.15, 0.2) is 5.76 Å². The molecule has 0 fully saturated rings.